The minimum absolute atomic E-state index is 0.125. The number of rotatable bonds is 1. The molecule has 0 aromatic carbocycles. The van der Waals surface area contributed by atoms with Crippen LogP contribution in [0.1, 0.15) is 27.7 Å². The van der Waals surface area contributed by atoms with E-state index in [9.17, 15) is 4.79 Å². The first-order chi connectivity index (χ1) is 6.02. The van der Waals surface area contributed by atoms with Crippen molar-refractivity contribution in [3.8, 4) is 23.7 Å². The van der Waals surface area contributed by atoms with Crippen LogP contribution in [-0.2, 0) is 9.53 Å². The van der Waals surface area contributed by atoms with Gasteiger partial charge in [0.1, 0.15) is 0 Å². The third-order valence-corrected chi connectivity index (χ3v) is 0.931. The summed E-state index contributed by atoms with van der Waals surface area (Å²) in [7, 11) is 0. The van der Waals surface area contributed by atoms with Gasteiger partial charge in [-0.25, -0.2) is 4.79 Å². The molecular weight excluding hydrogens is 164 g/mol. The Kier molecular flexibility index (Phi) is 5.48. The molecule has 0 amide bonds. The Bertz CT molecular complexity index is 279. The molecule has 0 aliphatic heterocycles. The Balaban J connectivity index is 3.99. The third kappa shape index (κ3) is 8.50. The molecule has 0 unspecified atom stereocenters. The maximum absolute atomic E-state index is 10.8. The van der Waals surface area contributed by atoms with E-state index in [1.807, 2.05) is 13.8 Å². The summed E-state index contributed by atoms with van der Waals surface area (Å²) in [5.41, 5.74) is 0. The second kappa shape index (κ2) is 6.14. The maximum atomic E-state index is 10.8. The first-order valence-corrected chi connectivity index (χ1v) is 4.24. The quantitative estimate of drug-likeness (QED) is 0.346. The number of hydrogen-bond donors (Lipinski definition) is 0. The summed E-state index contributed by atoms with van der Waals surface area (Å²) in [6.07, 6.45) is -0.125. The summed E-state index contributed by atoms with van der Waals surface area (Å²) >= 11 is 0. The van der Waals surface area contributed by atoms with Crippen LogP contribution in [0.15, 0.2) is 0 Å². The van der Waals surface area contributed by atoms with Crippen LogP contribution in [0.3, 0.4) is 0 Å². The number of carbonyl (C=O) groups excluding carboxylic acids is 1. The van der Waals surface area contributed by atoms with Crippen LogP contribution >= 0.6 is 0 Å². The fourth-order valence-corrected chi connectivity index (χ4v) is 0.506. The van der Waals surface area contributed by atoms with Gasteiger partial charge in [0.25, 0.3) is 0 Å². The van der Waals surface area contributed by atoms with Gasteiger partial charge in [-0.05, 0) is 25.7 Å². The van der Waals surface area contributed by atoms with E-state index in [1.54, 1.807) is 13.8 Å². The van der Waals surface area contributed by atoms with E-state index in [2.05, 4.69) is 23.7 Å². The van der Waals surface area contributed by atoms with Gasteiger partial charge in [-0.3, -0.25) is 0 Å². The highest BCUT2D eigenvalue weighted by molar-refractivity contribution is 5.89. The lowest BCUT2D eigenvalue weighted by molar-refractivity contribution is -0.140. The molecule has 0 fully saturated rings. The van der Waals surface area contributed by atoms with Gasteiger partial charge in [0.05, 0.1) is 6.10 Å². The Labute approximate surface area is 79.7 Å². The van der Waals surface area contributed by atoms with Crippen molar-refractivity contribution in [2.75, 3.05) is 0 Å². The topological polar surface area (TPSA) is 26.3 Å². The standard InChI is InChI=1S/C11H14O2/c1-9(2)7-5-6-8-11(12)13-10(3)4/h9-10H,1-4H3. The van der Waals surface area contributed by atoms with Crippen LogP contribution in [-0.4, -0.2) is 12.1 Å². The normalized spacial score (nSPS) is 8.46. The van der Waals surface area contributed by atoms with Crippen LogP contribution in [0, 0.1) is 29.6 Å². The first-order valence-electron chi connectivity index (χ1n) is 4.24. The van der Waals surface area contributed by atoms with Crippen molar-refractivity contribution in [3.05, 3.63) is 0 Å². The smallest absolute Gasteiger partial charge is 0.385 e. The Hall–Kier alpha value is -1.41. The van der Waals surface area contributed by atoms with Crippen molar-refractivity contribution in [1.82, 2.24) is 0 Å². The predicted octanol–water partition coefficient (Wildman–Crippen LogP) is 1.60. The summed E-state index contributed by atoms with van der Waals surface area (Å²) < 4.78 is 4.78. The molecule has 0 rings (SSSR count). The van der Waals surface area contributed by atoms with Crippen LogP contribution in [0.25, 0.3) is 0 Å². The third-order valence-electron chi connectivity index (χ3n) is 0.931. The van der Waals surface area contributed by atoms with E-state index in [-0.39, 0.29) is 12.0 Å². The number of esters is 1. The molecule has 0 N–H and O–H groups in total. The van der Waals surface area contributed by atoms with Crippen LogP contribution in [0.4, 0.5) is 0 Å². The molecule has 2 heteroatoms. The molecule has 0 aromatic rings. The summed E-state index contributed by atoms with van der Waals surface area (Å²) in [5.74, 6) is 9.87. The molecule has 0 saturated carbocycles. The van der Waals surface area contributed by atoms with Gasteiger partial charge >= 0.3 is 5.97 Å². The van der Waals surface area contributed by atoms with Gasteiger partial charge in [0.2, 0.25) is 0 Å². The van der Waals surface area contributed by atoms with Gasteiger partial charge in [-0.1, -0.05) is 19.8 Å². The number of ether oxygens (including phenoxy) is 1. The van der Waals surface area contributed by atoms with E-state index in [1.165, 1.54) is 0 Å². The highest BCUT2D eigenvalue weighted by Gasteiger charge is 1.98. The van der Waals surface area contributed by atoms with Crippen LogP contribution in [0.2, 0.25) is 0 Å². The Morgan fingerprint density at radius 3 is 2.23 bits per heavy atom. The van der Waals surface area contributed by atoms with E-state index in [0.717, 1.165) is 0 Å². The van der Waals surface area contributed by atoms with Gasteiger partial charge in [-0.2, -0.15) is 0 Å². The molecule has 0 bridgehead atoms. The molecule has 0 aliphatic carbocycles. The van der Waals surface area contributed by atoms with Crippen molar-refractivity contribution in [2.45, 2.75) is 33.8 Å². The highest BCUT2D eigenvalue weighted by Crippen LogP contribution is 1.87. The van der Waals surface area contributed by atoms with E-state index in [0.29, 0.717) is 0 Å². The van der Waals surface area contributed by atoms with Crippen LogP contribution in [0.5, 0.6) is 0 Å². The molecule has 0 aromatic heterocycles. The molecule has 70 valence electrons. The molecule has 0 spiro atoms. The fourth-order valence-electron chi connectivity index (χ4n) is 0.506. The molecule has 13 heavy (non-hydrogen) atoms. The van der Waals surface area contributed by atoms with Gasteiger partial charge in [0.15, 0.2) is 0 Å². The second-order valence-electron chi connectivity index (χ2n) is 3.13. The zero-order valence-corrected chi connectivity index (χ0v) is 8.47. The zero-order chi connectivity index (χ0) is 10.3. The lowest BCUT2D eigenvalue weighted by atomic mass is 10.2. The van der Waals surface area contributed by atoms with Crippen molar-refractivity contribution in [3.63, 3.8) is 0 Å². The van der Waals surface area contributed by atoms with Gasteiger partial charge in [0, 0.05) is 11.8 Å². The summed E-state index contributed by atoms with van der Waals surface area (Å²) in [4.78, 5) is 10.8. The van der Waals surface area contributed by atoms with Crippen molar-refractivity contribution in [1.29, 1.82) is 0 Å². The van der Waals surface area contributed by atoms with E-state index >= 15 is 0 Å². The fraction of sp³-hybridized carbons (Fsp3) is 0.545. The number of hydrogen-bond acceptors (Lipinski definition) is 2. The van der Waals surface area contributed by atoms with Crippen molar-refractivity contribution >= 4 is 5.97 Å². The molecule has 0 aliphatic rings. The zero-order valence-electron chi connectivity index (χ0n) is 8.47. The predicted molar refractivity (Wildman–Crippen MR) is 51.6 cm³/mol. The van der Waals surface area contributed by atoms with E-state index < -0.39 is 5.97 Å². The highest BCUT2D eigenvalue weighted by atomic mass is 16.5. The average molecular weight is 178 g/mol. The van der Waals surface area contributed by atoms with Gasteiger partial charge in [-0.15, -0.1) is 0 Å². The molecule has 0 radical (unpaired) electrons. The summed E-state index contributed by atoms with van der Waals surface area (Å²) in [6, 6.07) is 0. The number of carbonyl (C=O) groups is 1. The molecule has 0 saturated heterocycles. The SMILES string of the molecule is CC(C)C#CC#CC(=O)OC(C)C. The van der Waals surface area contributed by atoms with E-state index in [4.69, 9.17) is 4.74 Å². The van der Waals surface area contributed by atoms with Crippen LogP contribution < -0.4 is 0 Å². The molecule has 0 atom stereocenters. The molecule has 2 nitrogen and oxygen atoms in total. The lowest BCUT2D eigenvalue weighted by Gasteiger charge is -2.01. The second-order valence-corrected chi connectivity index (χ2v) is 3.13. The van der Waals surface area contributed by atoms with Crippen molar-refractivity contribution < 1.29 is 9.53 Å². The minimum Gasteiger partial charge on any atom is -0.453 e. The Morgan fingerprint density at radius 2 is 1.77 bits per heavy atom. The summed E-state index contributed by atoms with van der Waals surface area (Å²) in [5, 5.41) is 0. The monoisotopic (exact) mass is 178 g/mol. The first kappa shape index (κ1) is 11.6. The maximum Gasteiger partial charge on any atom is 0.385 e. The lowest BCUT2D eigenvalue weighted by Crippen LogP contribution is -2.08. The van der Waals surface area contributed by atoms with Crippen molar-refractivity contribution in [2.24, 2.45) is 5.92 Å². The molecular formula is C11H14O2. The summed E-state index contributed by atoms with van der Waals surface area (Å²) in [6.45, 7) is 7.47. The average Bonchev–Trinajstić information content (AvgIpc) is 1.96. The largest absolute Gasteiger partial charge is 0.453 e. The van der Waals surface area contributed by atoms with Gasteiger partial charge < -0.3 is 4.74 Å². The molecule has 0 heterocycles. The Morgan fingerprint density at radius 1 is 1.15 bits per heavy atom. The minimum atomic E-state index is -0.520.